The van der Waals surface area contributed by atoms with Crippen molar-refractivity contribution in [3.05, 3.63) is 48.0 Å². The van der Waals surface area contributed by atoms with Crippen LogP contribution in [0, 0.1) is 0 Å². The maximum atomic E-state index is 12.3. The molecule has 3 N–H and O–H groups in total. The maximum absolute atomic E-state index is 12.3. The molecule has 2 aromatic rings. The average Bonchev–Trinajstić information content (AvgIpc) is 3.32. The molecule has 0 aromatic heterocycles. The van der Waals surface area contributed by atoms with Gasteiger partial charge in [0, 0.05) is 37.6 Å². The fourth-order valence-corrected chi connectivity index (χ4v) is 3.29. The number of carbonyl (C=O) groups excluding carboxylic acids is 1. The predicted molar refractivity (Wildman–Crippen MR) is 122 cm³/mol. The molecular formula is C23H30N4O4. The Labute approximate surface area is 183 Å². The van der Waals surface area contributed by atoms with Gasteiger partial charge in [0.25, 0.3) is 5.91 Å². The number of carbonyl (C=O) groups is 1. The van der Waals surface area contributed by atoms with Crippen molar-refractivity contribution < 1.29 is 19.0 Å². The molecule has 1 saturated heterocycles. The summed E-state index contributed by atoms with van der Waals surface area (Å²) in [4.78, 5) is 16.5. The normalized spacial score (nSPS) is 16.0. The van der Waals surface area contributed by atoms with E-state index in [2.05, 4.69) is 20.9 Å². The molecule has 166 valence electrons. The van der Waals surface area contributed by atoms with Crippen molar-refractivity contribution in [1.29, 1.82) is 0 Å². The Balaban J connectivity index is 1.58. The fourth-order valence-electron chi connectivity index (χ4n) is 3.29. The van der Waals surface area contributed by atoms with E-state index in [0.29, 0.717) is 37.2 Å². The Kier molecular flexibility index (Phi) is 8.12. The van der Waals surface area contributed by atoms with Crippen molar-refractivity contribution in [2.24, 2.45) is 4.99 Å². The number of nitrogens with zero attached hydrogens (tertiary/aromatic N) is 1. The predicted octanol–water partition coefficient (Wildman–Crippen LogP) is 3.40. The lowest BCUT2D eigenvalue weighted by molar-refractivity contribution is -0.124. The maximum Gasteiger partial charge on any atom is 0.253 e. The molecule has 0 saturated carbocycles. The highest BCUT2D eigenvalue weighted by atomic mass is 16.5. The number of guanidine groups is 1. The van der Waals surface area contributed by atoms with Gasteiger partial charge in [-0.2, -0.15) is 0 Å². The molecule has 0 aliphatic carbocycles. The molecule has 1 atom stereocenters. The SMILES string of the molecule is CCOc1cc(NC(=NC)NCc2cccc(NC(=O)C3CCCO3)c2)ccc1OC. The number of nitrogens with one attached hydrogen (secondary N) is 3. The summed E-state index contributed by atoms with van der Waals surface area (Å²) in [5.74, 6) is 1.86. The highest BCUT2D eigenvalue weighted by Gasteiger charge is 2.23. The number of amides is 1. The molecule has 1 amide bonds. The average molecular weight is 427 g/mol. The molecule has 8 heteroatoms. The van der Waals surface area contributed by atoms with E-state index < -0.39 is 0 Å². The Bertz CT molecular complexity index is 910. The third kappa shape index (κ3) is 6.36. The van der Waals surface area contributed by atoms with Crippen LogP contribution in [0.4, 0.5) is 11.4 Å². The van der Waals surface area contributed by atoms with Crippen molar-refractivity contribution in [1.82, 2.24) is 5.32 Å². The van der Waals surface area contributed by atoms with Crippen LogP contribution in [0.15, 0.2) is 47.5 Å². The van der Waals surface area contributed by atoms with Gasteiger partial charge in [0.1, 0.15) is 6.10 Å². The van der Waals surface area contributed by atoms with Crippen LogP contribution in [0.2, 0.25) is 0 Å². The summed E-state index contributed by atoms with van der Waals surface area (Å²) >= 11 is 0. The topological polar surface area (TPSA) is 93.2 Å². The molecular weight excluding hydrogens is 396 g/mol. The second-order valence-electron chi connectivity index (χ2n) is 7.04. The van der Waals surface area contributed by atoms with Crippen LogP contribution in [0.3, 0.4) is 0 Å². The van der Waals surface area contributed by atoms with Crippen molar-refractivity contribution in [3.63, 3.8) is 0 Å². The lowest BCUT2D eigenvalue weighted by Crippen LogP contribution is -2.30. The molecule has 1 aliphatic rings. The van der Waals surface area contributed by atoms with E-state index in [9.17, 15) is 4.79 Å². The number of hydrogen-bond acceptors (Lipinski definition) is 5. The second-order valence-corrected chi connectivity index (χ2v) is 7.04. The van der Waals surface area contributed by atoms with Gasteiger partial charge in [-0.15, -0.1) is 0 Å². The first-order valence-electron chi connectivity index (χ1n) is 10.4. The molecule has 3 rings (SSSR count). The van der Waals surface area contributed by atoms with Crippen LogP contribution in [0.5, 0.6) is 11.5 Å². The lowest BCUT2D eigenvalue weighted by atomic mass is 10.2. The number of methoxy groups -OCH3 is 1. The van der Waals surface area contributed by atoms with Crippen LogP contribution in [-0.4, -0.2) is 45.3 Å². The molecule has 0 spiro atoms. The summed E-state index contributed by atoms with van der Waals surface area (Å²) < 4.78 is 16.4. The van der Waals surface area contributed by atoms with E-state index in [-0.39, 0.29) is 12.0 Å². The number of hydrogen-bond donors (Lipinski definition) is 3. The van der Waals surface area contributed by atoms with Crippen LogP contribution < -0.4 is 25.4 Å². The first-order chi connectivity index (χ1) is 15.1. The number of anilines is 2. The van der Waals surface area contributed by atoms with E-state index in [1.165, 1.54) is 0 Å². The Morgan fingerprint density at radius 3 is 2.71 bits per heavy atom. The smallest absolute Gasteiger partial charge is 0.253 e. The van der Waals surface area contributed by atoms with Gasteiger partial charge in [-0.3, -0.25) is 9.79 Å². The van der Waals surface area contributed by atoms with E-state index in [1.807, 2.05) is 49.4 Å². The quantitative estimate of drug-likeness (QED) is 0.443. The first-order valence-corrected chi connectivity index (χ1v) is 10.4. The van der Waals surface area contributed by atoms with Gasteiger partial charge in [0.15, 0.2) is 17.5 Å². The van der Waals surface area contributed by atoms with Gasteiger partial charge in [0.05, 0.1) is 13.7 Å². The standard InChI is InChI=1S/C23H30N4O4/c1-4-30-21-14-18(10-11-19(21)29-3)27-23(24-2)25-15-16-7-5-8-17(13-16)26-22(28)20-9-6-12-31-20/h5,7-8,10-11,13-14,20H,4,6,9,12,15H2,1-3H3,(H,26,28)(H2,24,25,27). The summed E-state index contributed by atoms with van der Waals surface area (Å²) in [5.41, 5.74) is 2.59. The van der Waals surface area contributed by atoms with Gasteiger partial charge < -0.3 is 30.2 Å². The number of benzene rings is 2. The summed E-state index contributed by atoms with van der Waals surface area (Å²) in [7, 11) is 3.32. The number of rotatable bonds is 8. The minimum atomic E-state index is -0.351. The van der Waals surface area contributed by atoms with Crippen LogP contribution >= 0.6 is 0 Å². The third-order valence-corrected chi connectivity index (χ3v) is 4.83. The summed E-state index contributed by atoms with van der Waals surface area (Å²) in [6, 6.07) is 13.3. The van der Waals surface area contributed by atoms with Crippen LogP contribution in [0.25, 0.3) is 0 Å². The largest absolute Gasteiger partial charge is 0.493 e. The summed E-state index contributed by atoms with van der Waals surface area (Å²) in [6.07, 6.45) is 1.34. The van der Waals surface area contributed by atoms with Gasteiger partial charge in [0.2, 0.25) is 0 Å². The second kappa shape index (κ2) is 11.2. The Morgan fingerprint density at radius 2 is 2.00 bits per heavy atom. The molecule has 2 aromatic carbocycles. The van der Waals surface area contributed by atoms with Gasteiger partial charge in [-0.05, 0) is 49.6 Å². The highest BCUT2D eigenvalue weighted by molar-refractivity contribution is 5.95. The lowest BCUT2D eigenvalue weighted by Gasteiger charge is -2.15. The zero-order valence-corrected chi connectivity index (χ0v) is 18.2. The minimum Gasteiger partial charge on any atom is -0.493 e. The molecule has 31 heavy (non-hydrogen) atoms. The van der Waals surface area contributed by atoms with E-state index in [4.69, 9.17) is 14.2 Å². The van der Waals surface area contributed by atoms with Crippen molar-refractivity contribution >= 4 is 23.2 Å². The monoisotopic (exact) mass is 426 g/mol. The molecule has 0 bridgehead atoms. The molecule has 0 radical (unpaired) electrons. The third-order valence-electron chi connectivity index (χ3n) is 4.83. The molecule has 1 fully saturated rings. The molecule has 8 nitrogen and oxygen atoms in total. The van der Waals surface area contributed by atoms with Crippen molar-refractivity contribution in [2.75, 3.05) is 38.0 Å². The van der Waals surface area contributed by atoms with E-state index >= 15 is 0 Å². The molecule has 1 aliphatic heterocycles. The van der Waals surface area contributed by atoms with Gasteiger partial charge in [-0.1, -0.05) is 12.1 Å². The first kappa shape index (κ1) is 22.4. The van der Waals surface area contributed by atoms with Crippen LogP contribution in [-0.2, 0) is 16.1 Å². The zero-order valence-electron chi connectivity index (χ0n) is 18.2. The minimum absolute atomic E-state index is 0.0929. The summed E-state index contributed by atoms with van der Waals surface area (Å²) in [5, 5.41) is 9.46. The summed E-state index contributed by atoms with van der Waals surface area (Å²) in [6.45, 7) is 3.66. The Hall–Kier alpha value is -3.26. The van der Waals surface area contributed by atoms with E-state index in [1.54, 1.807) is 14.2 Å². The van der Waals surface area contributed by atoms with E-state index in [0.717, 1.165) is 29.8 Å². The highest BCUT2D eigenvalue weighted by Crippen LogP contribution is 2.30. The molecule has 1 unspecified atom stereocenters. The zero-order chi connectivity index (χ0) is 22.1. The van der Waals surface area contributed by atoms with Crippen LogP contribution in [0.1, 0.15) is 25.3 Å². The van der Waals surface area contributed by atoms with Crippen molar-refractivity contribution in [2.45, 2.75) is 32.4 Å². The number of aliphatic imine (C=N–C) groups is 1. The number of ether oxygens (including phenoxy) is 3. The fraction of sp³-hybridized carbons (Fsp3) is 0.391. The van der Waals surface area contributed by atoms with Gasteiger partial charge >= 0.3 is 0 Å². The Morgan fingerprint density at radius 1 is 1.16 bits per heavy atom. The van der Waals surface area contributed by atoms with Crippen molar-refractivity contribution in [3.8, 4) is 11.5 Å². The van der Waals surface area contributed by atoms with Gasteiger partial charge in [-0.25, -0.2) is 0 Å². The molecule has 1 heterocycles.